The van der Waals surface area contributed by atoms with Crippen LogP contribution < -0.4 is 5.32 Å². The molecule has 1 saturated carbocycles. The van der Waals surface area contributed by atoms with Gasteiger partial charge >= 0.3 is 5.69 Å². The fraction of sp³-hybridized carbons (Fsp3) is 0.417. The maximum absolute atomic E-state index is 13.7. The molecule has 19 heavy (non-hydrogen) atoms. The van der Waals surface area contributed by atoms with Crippen LogP contribution >= 0.6 is 0 Å². The molecule has 0 aromatic heterocycles. The number of hydrogen-bond acceptors (Lipinski definition) is 3. The molecule has 1 N–H and O–H groups in total. The summed E-state index contributed by atoms with van der Waals surface area (Å²) in [5, 5.41) is 13.0. The van der Waals surface area contributed by atoms with Gasteiger partial charge in [-0.25, -0.2) is 4.39 Å². The molecule has 0 saturated heterocycles. The van der Waals surface area contributed by atoms with Gasteiger partial charge in [-0.2, -0.15) is 4.39 Å². The molecule has 0 spiro atoms. The van der Waals surface area contributed by atoms with Gasteiger partial charge in [0.15, 0.2) is 0 Å². The van der Waals surface area contributed by atoms with E-state index < -0.39 is 33.7 Å². The minimum atomic E-state index is -1.31. The molecule has 2 rings (SSSR count). The van der Waals surface area contributed by atoms with E-state index >= 15 is 0 Å². The van der Waals surface area contributed by atoms with Crippen LogP contribution in [0, 0.1) is 27.7 Å². The summed E-state index contributed by atoms with van der Waals surface area (Å²) in [6.07, 6.45) is 3.08. The molecule has 0 heterocycles. The van der Waals surface area contributed by atoms with Crippen molar-refractivity contribution in [1.29, 1.82) is 0 Å². The van der Waals surface area contributed by atoms with Gasteiger partial charge in [-0.3, -0.25) is 14.9 Å². The average Bonchev–Trinajstić information content (AvgIpc) is 2.29. The van der Waals surface area contributed by atoms with Crippen molar-refractivity contribution in [2.75, 3.05) is 6.54 Å². The maximum Gasteiger partial charge on any atom is 0.308 e. The Morgan fingerprint density at radius 2 is 2.11 bits per heavy atom. The number of carbonyl (C=O) groups excluding carboxylic acids is 1. The molecule has 7 heteroatoms. The fourth-order valence-corrected chi connectivity index (χ4v) is 1.90. The third-order valence-electron chi connectivity index (χ3n) is 3.24. The summed E-state index contributed by atoms with van der Waals surface area (Å²) < 4.78 is 26.9. The van der Waals surface area contributed by atoms with Crippen molar-refractivity contribution in [3.8, 4) is 0 Å². The quantitative estimate of drug-likeness (QED) is 0.674. The van der Waals surface area contributed by atoms with Gasteiger partial charge in [-0.05, 0) is 24.8 Å². The standard InChI is InChI=1S/C12H12F2N2O3/c13-8-4-9(11(14)10(5-8)16(18)19)12(17)15-6-7-2-1-3-7/h4-5,7H,1-3,6H2,(H,15,17). The molecule has 1 aliphatic carbocycles. The first-order valence-electron chi connectivity index (χ1n) is 5.90. The highest BCUT2D eigenvalue weighted by Crippen LogP contribution is 2.26. The number of benzene rings is 1. The minimum Gasteiger partial charge on any atom is -0.352 e. The van der Waals surface area contributed by atoms with Gasteiger partial charge in [-0.15, -0.1) is 0 Å². The summed E-state index contributed by atoms with van der Waals surface area (Å²) in [5.74, 6) is -2.79. The topological polar surface area (TPSA) is 72.2 Å². The normalized spacial score (nSPS) is 14.8. The van der Waals surface area contributed by atoms with E-state index in [2.05, 4.69) is 5.32 Å². The van der Waals surface area contributed by atoms with Gasteiger partial charge in [0, 0.05) is 6.54 Å². The van der Waals surface area contributed by atoms with Gasteiger partial charge in [0.25, 0.3) is 5.91 Å². The Morgan fingerprint density at radius 3 is 2.63 bits per heavy atom. The molecule has 5 nitrogen and oxygen atoms in total. The van der Waals surface area contributed by atoms with Crippen LogP contribution in [0.3, 0.4) is 0 Å². The number of rotatable bonds is 4. The van der Waals surface area contributed by atoms with E-state index in [1.54, 1.807) is 0 Å². The zero-order valence-corrected chi connectivity index (χ0v) is 9.99. The number of carbonyl (C=O) groups is 1. The molecule has 0 unspecified atom stereocenters. The molecular formula is C12H12F2N2O3. The van der Waals surface area contributed by atoms with Crippen molar-refractivity contribution < 1.29 is 18.5 Å². The average molecular weight is 270 g/mol. The van der Waals surface area contributed by atoms with Gasteiger partial charge in [0.05, 0.1) is 16.6 Å². The Hall–Kier alpha value is -2.05. The summed E-state index contributed by atoms with van der Waals surface area (Å²) in [7, 11) is 0. The van der Waals surface area contributed by atoms with Crippen molar-refractivity contribution in [2.45, 2.75) is 19.3 Å². The van der Waals surface area contributed by atoms with Crippen LogP contribution in [0.1, 0.15) is 29.6 Å². The van der Waals surface area contributed by atoms with Crippen molar-refractivity contribution in [3.05, 3.63) is 39.4 Å². The third-order valence-corrected chi connectivity index (χ3v) is 3.24. The summed E-state index contributed by atoms with van der Waals surface area (Å²) in [5.41, 5.74) is -1.67. The summed E-state index contributed by atoms with van der Waals surface area (Å²) >= 11 is 0. The first kappa shape index (κ1) is 13.4. The summed E-state index contributed by atoms with van der Waals surface area (Å²) in [6.45, 7) is 0.378. The van der Waals surface area contributed by atoms with Crippen LogP contribution in [0.25, 0.3) is 0 Å². The van der Waals surface area contributed by atoms with Crippen LogP contribution in [-0.2, 0) is 0 Å². The molecule has 1 fully saturated rings. The van der Waals surface area contributed by atoms with Crippen molar-refractivity contribution in [1.82, 2.24) is 5.32 Å². The van der Waals surface area contributed by atoms with Crippen LogP contribution in [-0.4, -0.2) is 17.4 Å². The third kappa shape index (κ3) is 2.86. The molecule has 0 bridgehead atoms. The Labute approximate surface area is 107 Å². The Morgan fingerprint density at radius 1 is 1.42 bits per heavy atom. The Bertz CT molecular complexity index is 530. The van der Waals surface area contributed by atoms with E-state index in [4.69, 9.17) is 0 Å². The lowest BCUT2D eigenvalue weighted by atomic mass is 9.85. The molecule has 1 aliphatic rings. The van der Waals surface area contributed by atoms with E-state index in [9.17, 15) is 23.7 Å². The molecule has 0 aliphatic heterocycles. The lowest BCUT2D eigenvalue weighted by Crippen LogP contribution is -2.32. The number of nitrogens with one attached hydrogen (secondary N) is 1. The fourth-order valence-electron chi connectivity index (χ4n) is 1.90. The molecular weight excluding hydrogens is 258 g/mol. The van der Waals surface area contributed by atoms with E-state index in [0.717, 1.165) is 19.3 Å². The number of halogens is 2. The van der Waals surface area contributed by atoms with E-state index in [1.807, 2.05) is 0 Å². The van der Waals surface area contributed by atoms with E-state index in [0.29, 0.717) is 24.6 Å². The van der Waals surface area contributed by atoms with E-state index in [-0.39, 0.29) is 0 Å². The smallest absolute Gasteiger partial charge is 0.308 e. The predicted octanol–water partition coefficient (Wildman–Crippen LogP) is 2.40. The van der Waals surface area contributed by atoms with Gasteiger partial charge in [-0.1, -0.05) is 6.42 Å². The highest BCUT2D eigenvalue weighted by Gasteiger charge is 2.25. The largest absolute Gasteiger partial charge is 0.352 e. The van der Waals surface area contributed by atoms with Crippen molar-refractivity contribution in [3.63, 3.8) is 0 Å². The van der Waals surface area contributed by atoms with Crippen molar-refractivity contribution >= 4 is 11.6 Å². The first-order valence-corrected chi connectivity index (χ1v) is 5.90. The Kier molecular flexibility index (Phi) is 3.73. The highest BCUT2D eigenvalue weighted by atomic mass is 19.1. The maximum atomic E-state index is 13.7. The summed E-state index contributed by atoms with van der Waals surface area (Å²) in [4.78, 5) is 21.2. The lowest BCUT2D eigenvalue weighted by Gasteiger charge is -2.25. The zero-order chi connectivity index (χ0) is 14.0. The number of nitro benzene ring substituents is 1. The predicted molar refractivity (Wildman–Crippen MR) is 62.7 cm³/mol. The molecule has 1 aromatic carbocycles. The lowest BCUT2D eigenvalue weighted by molar-refractivity contribution is -0.387. The van der Waals surface area contributed by atoms with Crippen LogP contribution in [0.4, 0.5) is 14.5 Å². The Balaban J connectivity index is 2.17. The van der Waals surface area contributed by atoms with Crippen LogP contribution in [0.2, 0.25) is 0 Å². The van der Waals surface area contributed by atoms with Gasteiger partial charge in [0.1, 0.15) is 5.82 Å². The molecule has 0 atom stereocenters. The molecule has 102 valence electrons. The summed E-state index contributed by atoms with van der Waals surface area (Å²) in [6, 6.07) is 1.12. The van der Waals surface area contributed by atoms with Gasteiger partial charge < -0.3 is 5.32 Å². The zero-order valence-electron chi connectivity index (χ0n) is 9.99. The number of nitro groups is 1. The van der Waals surface area contributed by atoms with Crippen molar-refractivity contribution in [2.24, 2.45) is 5.92 Å². The molecule has 1 aromatic rings. The SMILES string of the molecule is O=C(NCC1CCC1)c1cc(F)cc([N+](=O)[O-])c1F. The molecule has 1 amide bonds. The molecule has 0 radical (unpaired) electrons. The number of amides is 1. The number of nitrogens with zero attached hydrogens (tertiary/aromatic N) is 1. The number of hydrogen-bond donors (Lipinski definition) is 1. The second kappa shape index (κ2) is 5.29. The van der Waals surface area contributed by atoms with Crippen LogP contribution in [0.15, 0.2) is 12.1 Å². The highest BCUT2D eigenvalue weighted by molar-refractivity contribution is 5.95. The monoisotopic (exact) mass is 270 g/mol. The van der Waals surface area contributed by atoms with E-state index in [1.165, 1.54) is 0 Å². The van der Waals surface area contributed by atoms with Crippen LogP contribution in [0.5, 0.6) is 0 Å². The minimum absolute atomic E-state index is 0.357. The second-order valence-corrected chi connectivity index (χ2v) is 4.55. The van der Waals surface area contributed by atoms with Gasteiger partial charge in [0.2, 0.25) is 5.82 Å². The first-order chi connectivity index (χ1) is 8.99. The second-order valence-electron chi connectivity index (χ2n) is 4.55.